The van der Waals surface area contributed by atoms with Crippen molar-refractivity contribution >= 4 is 50.5 Å². The number of hydrogen-bond donors (Lipinski definition) is 1. The summed E-state index contributed by atoms with van der Waals surface area (Å²) in [6, 6.07) is 3.73. The number of nitrogens with one attached hydrogen (secondary N) is 1. The molecule has 2 rings (SSSR count). The first-order valence-electron chi connectivity index (χ1n) is 5.74. The first-order chi connectivity index (χ1) is 9.52. The number of ether oxygens (including phenoxy) is 1. The molecule has 0 saturated heterocycles. The lowest BCUT2D eigenvalue weighted by Gasteiger charge is -2.13. The Labute approximate surface area is 134 Å². The Kier molecular flexibility index (Phi) is 5.01. The summed E-state index contributed by atoms with van der Waals surface area (Å²) in [5.41, 5.74) is 2.09. The van der Waals surface area contributed by atoms with Crippen LogP contribution in [0, 0.1) is 6.92 Å². The highest BCUT2D eigenvalue weighted by atomic mass is 79.9. The maximum absolute atomic E-state index is 11.9. The van der Waals surface area contributed by atoms with E-state index in [2.05, 4.69) is 26.2 Å². The van der Waals surface area contributed by atoms with Crippen LogP contribution in [0.2, 0.25) is 4.47 Å². The molecule has 0 aliphatic rings. The molecule has 7 heteroatoms. The van der Waals surface area contributed by atoms with Gasteiger partial charge in [0.15, 0.2) is 4.47 Å². The summed E-state index contributed by atoms with van der Waals surface area (Å²) in [6.45, 7) is 2.42. The van der Waals surface area contributed by atoms with Gasteiger partial charge in [0.2, 0.25) is 0 Å². The summed E-state index contributed by atoms with van der Waals surface area (Å²) >= 11 is 10.6. The van der Waals surface area contributed by atoms with Crippen LogP contribution >= 0.6 is 38.9 Å². The highest BCUT2D eigenvalue weighted by Crippen LogP contribution is 2.28. The van der Waals surface area contributed by atoms with E-state index in [1.54, 1.807) is 6.20 Å². The molecule has 1 aromatic carbocycles. The minimum atomic E-state index is -0.367. The highest BCUT2D eigenvalue weighted by molar-refractivity contribution is 9.10. The van der Waals surface area contributed by atoms with Gasteiger partial charge in [-0.05, 0) is 24.6 Å². The average molecular weight is 376 g/mol. The number of halogens is 2. The second-order valence-electron chi connectivity index (χ2n) is 4.02. The standard InChI is InChI=1S/C13H12BrClN2O2S/c1-7-9(14)3-4-10(11(7)12(18)19-2)16-5-8-6-17-13(15)20-8/h3-4,6,16H,5H2,1-2H3. The molecule has 1 heterocycles. The maximum atomic E-state index is 11.9. The number of aromatic nitrogens is 1. The Hall–Kier alpha value is -1.11. The number of hydrogen-bond acceptors (Lipinski definition) is 5. The number of carbonyl (C=O) groups excluding carboxylic acids is 1. The van der Waals surface area contributed by atoms with E-state index in [-0.39, 0.29) is 5.97 Å². The van der Waals surface area contributed by atoms with Crippen molar-refractivity contribution in [2.75, 3.05) is 12.4 Å². The number of esters is 1. The Balaban J connectivity index is 2.27. The van der Waals surface area contributed by atoms with Gasteiger partial charge in [-0.25, -0.2) is 9.78 Å². The minimum absolute atomic E-state index is 0.367. The van der Waals surface area contributed by atoms with Gasteiger partial charge in [-0.1, -0.05) is 27.5 Å². The molecule has 106 valence electrons. The van der Waals surface area contributed by atoms with E-state index >= 15 is 0 Å². The van der Waals surface area contributed by atoms with Crippen LogP contribution in [0.5, 0.6) is 0 Å². The number of nitrogens with zero attached hydrogens (tertiary/aromatic N) is 1. The Morgan fingerprint density at radius 2 is 2.30 bits per heavy atom. The van der Waals surface area contributed by atoms with E-state index in [0.717, 1.165) is 20.6 Å². The summed E-state index contributed by atoms with van der Waals surface area (Å²) in [4.78, 5) is 16.9. The lowest BCUT2D eigenvalue weighted by Crippen LogP contribution is -2.10. The molecule has 0 aliphatic carbocycles. The summed E-state index contributed by atoms with van der Waals surface area (Å²) < 4.78 is 6.21. The second kappa shape index (κ2) is 6.56. The third kappa shape index (κ3) is 3.31. The van der Waals surface area contributed by atoms with E-state index in [0.29, 0.717) is 16.6 Å². The fourth-order valence-corrected chi connectivity index (χ4v) is 2.99. The van der Waals surface area contributed by atoms with Crippen LogP contribution in [0.15, 0.2) is 22.8 Å². The molecule has 0 aliphatic heterocycles. The third-order valence-corrected chi connectivity index (χ3v) is 4.74. The molecule has 0 unspecified atom stereocenters. The van der Waals surface area contributed by atoms with Crippen LogP contribution in [-0.4, -0.2) is 18.1 Å². The lowest BCUT2D eigenvalue weighted by molar-refractivity contribution is 0.0601. The quantitative estimate of drug-likeness (QED) is 0.811. The van der Waals surface area contributed by atoms with Gasteiger partial charge in [0.25, 0.3) is 0 Å². The molecular weight excluding hydrogens is 364 g/mol. The van der Waals surface area contributed by atoms with Crippen molar-refractivity contribution in [2.45, 2.75) is 13.5 Å². The van der Waals surface area contributed by atoms with E-state index in [4.69, 9.17) is 16.3 Å². The van der Waals surface area contributed by atoms with E-state index < -0.39 is 0 Å². The number of thiazole rings is 1. The van der Waals surface area contributed by atoms with Crippen LogP contribution in [0.1, 0.15) is 20.8 Å². The predicted octanol–water partition coefficient (Wildman–Crippen LogP) is 4.27. The molecule has 0 radical (unpaired) electrons. The number of benzene rings is 1. The first kappa shape index (κ1) is 15.3. The van der Waals surface area contributed by atoms with Gasteiger partial charge in [-0.15, -0.1) is 11.3 Å². The van der Waals surface area contributed by atoms with Crippen molar-refractivity contribution in [1.82, 2.24) is 4.98 Å². The predicted molar refractivity (Wildman–Crippen MR) is 84.7 cm³/mol. The summed E-state index contributed by atoms with van der Waals surface area (Å²) in [5, 5.41) is 3.22. The molecule has 4 nitrogen and oxygen atoms in total. The van der Waals surface area contributed by atoms with E-state index in [9.17, 15) is 4.79 Å². The minimum Gasteiger partial charge on any atom is -0.465 e. The fourth-order valence-electron chi connectivity index (χ4n) is 1.75. The highest BCUT2D eigenvalue weighted by Gasteiger charge is 2.17. The monoisotopic (exact) mass is 374 g/mol. The van der Waals surface area contributed by atoms with Crippen LogP contribution in [0.25, 0.3) is 0 Å². The largest absolute Gasteiger partial charge is 0.465 e. The number of carbonyl (C=O) groups is 1. The zero-order valence-corrected chi connectivity index (χ0v) is 14.0. The van der Waals surface area contributed by atoms with Gasteiger partial charge >= 0.3 is 5.97 Å². The van der Waals surface area contributed by atoms with Crippen molar-refractivity contribution in [1.29, 1.82) is 0 Å². The zero-order valence-electron chi connectivity index (χ0n) is 10.9. The van der Waals surface area contributed by atoms with Crippen molar-refractivity contribution in [3.05, 3.63) is 43.3 Å². The van der Waals surface area contributed by atoms with Crippen LogP contribution in [0.3, 0.4) is 0 Å². The Bertz CT molecular complexity index is 645. The smallest absolute Gasteiger partial charge is 0.340 e. The summed E-state index contributed by atoms with van der Waals surface area (Å²) in [5.74, 6) is -0.367. The third-order valence-electron chi connectivity index (χ3n) is 2.77. The van der Waals surface area contributed by atoms with Gasteiger partial charge in [0, 0.05) is 21.2 Å². The van der Waals surface area contributed by atoms with Crippen molar-refractivity contribution in [2.24, 2.45) is 0 Å². The Morgan fingerprint density at radius 1 is 1.55 bits per heavy atom. The molecule has 1 aromatic heterocycles. The summed E-state index contributed by atoms with van der Waals surface area (Å²) in [7, 11) is 1.37. The molecule has 0 amide bonds. The van der Waals surface area contributed by atoms with Crippen molar-refractivity contribution in [3.63, 3.8) is 0 Å². The molecule has 20 heavy (non-hydrogen) atoms. The molecule has 0 spiro atoms. The van der Waals surface area contributed by atoms with Gasteiger partial charge in [-0.3, -0.25) is 0 Å². The number of methoxy groups -OCH3 is 1. The second-order valence-corrected chi connectivity index (χ2v) is 6.57. The normalized spacial score (nSPS) is 10.4. The van der Waals surface area contributed by atoms with Crippen molar-refractivity contribution < 1.29 is 9.53 Å². The first-order valence-corrected chi connectivity index (χ1v) is 7.73. The maximum Gasteiger partial charge on any atom is 0.340 e. The molecule has 0 fully saturated rings. The van der Waals surface area contributed by atoms with Crippen LogP contribution in [-0.2, 0) is 11.3 Å². The van der Waals surface area contributed by atoms with Crippen LogP contribution < -0.4 is 5.32 Å². The Morgan fingerprint density at radius 3 is 2.90 bits per heavy atom. The summed E-state index contributed by atoms with van der Waals surface area (Å²) in [6.07, 6.45) is 1.71. The zero-order chi connectivity index (χ0) is 14.7. The van der Waals surface area contributed by atoms with Crippen molar-refractivity contribution in [3.8, 4) is 0 Å². The van der Waals surface area contributed by atoms with E-state index in [1.165, 1.54) is 18.4 Å². The topological polar surface area (TPSA) is 51.2 Å². The van der Waals surface area contributed by atoms with Gasteiger partial charge < -0.3 is 10.1 Å². The number of rotatable bonds is 4. The van der Waals surface area contributed by atoms with E-state index in [1.807, 2.05) is 19.1 Å². The van der Waals surface area contributed by atoms with Crippen LogP contribution in [0.4, 0.5) is 5.69 Å². The molecule has 0 saturated carbocycles. The molecule has 1 N–H and O–H groups in total. The van der Waals surface area contributed by atoms with Gasteiger partial charge in [0.1, 0.15) is 0 Å². The fraction of sp³-hybridized carbons (Fsp3) is 0.231. The molecular formula is C13H12BrClN2O2S. The van der Waals surface area contributed by atoms with Gasteiger partial charge in [-0.2, -0.15) is 0 Å². The molecule has 0 bridgehead atoms. The average Bonchev–Trinajstić information content (AvgIpc) is 2.85. The van der Waals surface area contributed by atoms with Gasteiger partial charge in [0.05, 0.1) is 19.2 Å². The SMILES string of the molecule is COC(=O)c1c(NCc2cnc(Cl)s2)ccc(Br)c1C. The molecule has 2 aromatic rings. The molecule has 0 atom stereocenters. The lowest BCUT2D eigenvalue weighted by atomic mass is 10.1. The number of anilines is 1.